The van der Waals surface area contributed by atoms with Gasteiger partial charge in [-0.1, -0.05) is 72.3 Å². The fourth-order valence-corrected chi connectivity index (χ4v) is 11.1. The molecule has 3 saturated carbocycles. The van der Waals surface area contributed by atoms with E-state index in [0.717, 1.165) is 31.3 Å². The Balaban J connectivity index is 0.00000384. The Labute approximate surface area is 354 Å². The van der Waals surface area contributed by atoms with Crippen molar-refractivity contribution in [2.75, 3.05) is 0 Å². The van der Waals surface area contributed by atoms with Crippen LogP contribution in [0, 0.1) is 45.3 Å². The van der Waals surface area contributed by atoms with Crippen LogP contribution >= 0.6 is 0 Å². The summed E-state index contributed by atoms with van der Waals surface area (Å²) in [4.78, 5) is 0. The van der Waals surface area contributed by atoms with Gasteiger partial charge in [-0.15, -0.1) is 0 Å². The molecule has 48 heavy (non-hydrogen) atoms. The first-order valence-corrected chi connectivity index (χ1v) is 19.5. The molecule has 0 bridgehead atoms. The van der Waals surface area contributed by atoms with Gasteiger partial charge in [0.15, 0.2) is 0 Å². The zero-order valence-corrected chi connectivity index (χ0v) is 38.6. The normalized spacial score (nSPS) is 37.2. The fourth-order valence-electron chi connectivity index (χ4n) is 9.57. The summed E-state index contributed by atoms with van der Waals surface area (Å²) in [7, 11) is -15.9. The first kappa shape index (κ1) is 48.1. The van der Waals surface area contributed by atoms with Crippen LogP contribution in [0.4, 0.5) is 0 Å². The van der Waals surface area contributed by atoms with Crippen LogP contribution in [-0.4, -0.2) is 57.2 Å². The van der Waals surface area contributed by atoms with Gasteiger partial charge in [-0.2, -0.15) is 0 Å². The van der Waals surface area contributed by atoms with E-state index in [0.29, 0.717) is 18.3 Å². The summed E-state index contributed by atoms with van der Waals surface area (Å²) in [6.07, 6.45) is 1.36. The van der Waals surface area contributed by atoms with E-state index in [2.05, 4.69) is 58.4 Å². The molecule has 0 unspecified atom stereocenters. The molecule has 0 amide bonds. The molecule has 0 aromatic carbocycles. The molecule has 0 aromatic rings. The molecule has 10 atom stereocenters. The molecule has 0 saturated heterocycles. The average molecular weight is 765 g/mol. The third-order valence-corrected chi connectivity index (χ3v) is 13.7. The van der Waals surface area contributed by atoms with Crippen molar-refractivity contribution in [2.45, 2.75) is 118 Å². The van der Waals surface area contributed by atoms with E-state index in [1.807, 2.05) is 0 Å². The predicted octanol–water partition coefficient (Wildman–Crippen LogP) is -4.26. The Morgan fingerprint density at radius 1 is 0.875 bits per heavy atom. The van der Waals surface area contributed by atoms with Crippen molar-refractivity contribution < 1.29 is 140 Å². The molecule has 3 fully saturated rings. The molecule has 4 aliphatic carbocycles. The van der Waals surface area contributed by atoms with Gasteiger partial charge in [-0.25, -0.2) is 25.3 Å². The van der Waals surface area contributed by atoms with Crippen LogP contribution in [0.3, 0.4) is 0 Å². The van der Waals surface area contributed by atoms with Crippen LogP contribution in [0.15, 0.2) is 23.8 Å². The van der Waals surface area contributed by atoms with Crippen LogP contribution in [0.25, 0.3) is 0 Å². The molecule has 260 valence electrons. The summed E-state index contributed by atoms with van der Waals surface area (Å²) in [6, 6.07) is 0. The second kappa shape index (κ2) is 16.4. The number of allylic oxidation sites excluding steroid dienone is 3. The first-order valence-electron chi connectivity index (χ1n) is 15.5. The van der Waals surface area contributed by atoms with E-state index in [1.54, 1.807) is 6.92 Å². The van der Waals surface area contributed by atoms with E-state index >= 15 is 0 Å². The smallest absolute Gasteiger partial charge is 0.726 e. The Hall–Kier alpha value is 2.09. The van der Waals surface area contributed by atoms with Gasteiger partial charge >= 0.3 is 88.7 Å². The average Bonchev–Trinajstić information content (AvgIpc) is 3.11. The number of fused-ring (bicyclic) bond motifs is 5. The molecule has 4 aliphatic rings. The van der Waals surface area contributed by atoms with Crippen molar-refractivity contribution in [1.82, 2.24) is 0 Å². The molecule has 0 heterocycles. The van der Waals surface area contributed by atoms with Crippen molar-refractivity contribution in [1.29, 1.82) is 0 Å². The van der Waals surface area contributed by atoms with E-state index in [9.17, 15) is 38.9 Å². The molecule has 0 aromatic heterocycles. The first-order chi connectivity index (χ1) is 20.2. The molecule has 0 spiro atoms. The summed E-state index contributed by atoms with van der Waals surface area (Å²) in [5.74, 6) is -0.420. The Kier molecular flexibility index (Phi) is 16.5. The number of hydrogen-bond acceptors (Lipinski definition) is 12. The van der Waals surface area contributed by atoms with Gasteiger partial charge in [0.25, 0.3) is 0 Å². The van der Waals surface area contributed by atoms with Gasteiger partial charge in [-0.05, 0) is 96.7 Å². The monoisotopic (exact) mass is 764 g/mol. The molecule has 18 heteroatoms. The third-order valence-electron chi connectivity index (χ3n) is 12.3. The zero-order valence-electron chi connectivity index (χ0n) is 30.1. The minimum atomic E-state index is -5.38. The van der Waals surface area contributed by atoms with Crippen molar-refractivity contribution in [3.05, 3.63) is 23.8 Å². The molecule has 0 N–H and O–H groups in total. The maximum Gasteiger partial charge on any atom is 1.00 e. The van der Waals surface area contributed by atoms with E-state index < -0.39 is 67.3 Å². The van der Waals surface area contributed by atoms with Gasteiger partial charge < -0.3 is 13.7 Å². The summed E-state index contributed by atoms with van der Waals surface area (Å²) in [6.45, 7) is 19.2. The Morgan fingerprint density at radius 3 is 1.88 bits per heavy atom. The van der Waals surface area contributed by atoms with Gasteiger partial charge in [0.05, 0.1) is 6.10 Å². The van der Waals surface area contributed by atoms with Crippen LogP contribution in [0.5, 0.6) is 0 Å². The molecular formula is C30H47Na3O12S3. The standard InChI is InChI=1S/C30H50O12S3.3Na/c1-18(9-10-19(2)27(3,4)5)20-11-13-30(8)22-15-24(40-43(31,32)33)23-16-25(41-44(34,35)36)26(42-45(37,38)39)17-28(23,6)21(22)12-14-29(20,30)7;;;/h12,18,20,22-26H,2,9-11,13-17H2,1,3-8H3,(H,31,32,33)(H,34,35,36)(H,37,38,39);;;/q;3*+1/p-3/t18-,20-,22-,23-,24+,25+,26+,28-,29-,30+;;;/m1.../s1. The van der Waals surface area contributed by atoms with Crippen LogP contribution in [-0.2, 0) is 43.7 Å². The summed E-state index contributed by atoms with van der Waals surface area (Å²) in [5.41, 5.74) is 0.488. The van der Waals surface area contributed by atoms with Crippen molar-refractivity contribution in [3.63, 3.8) is 0 Å². The zero-order chi connectivity index (χ0) is 34.2. The molecular weight excluding hydrogens is 717 g/mol. The van der Waals surface area contributed by atoms with E-state index in [1.165, 1.54) is 5.57 Å². The molecule has 0 radical (unpaired) electrons. The van der Waals surface area contributed by atoms with Gasteiger partial charge in [0.1, 0.15) is 12.2 Å². The van der Waals surface area contributed by atoms with Gasteiger partial charge in [0, 0.05) is 0 Å². The molecule has 4 rings (SSSR count). The molecule has 12 nitrogen and oxygen atoms in total. The fraction of sp³-hybridized carbons (Fsp3) is 0.867. The summed E-state index contributed by atoms with van der Waals surface area (Å²) in [5, 5.41) is 0. The maximum atomic E-state index is 12.0. The Morgan fingerprint density at radius 2 is 1.38 bits per heavy atom. The van der Waals surface area contributed by atoms with Crippen molar-refractivity contribution in [2.24, 2.45) is 45.3 Å². The van der Waals surface area contributed by atoms with E-state index in [-0.39, 0.29) is 124 Å². The van der Waals surface area contributed by atoms with E-state index in [4.69, 9.17) is 8.37 Å². The Bertz CT molecular complexity index is 1550. The molecule has 0 aliphatic heterocycles. The van der Waals surface area contributed by atoms with Crippen molar-refractivity contribution in [3.8, 4) is 0 Å². The van der Waals surface area contributed by atoms with Crippen molar-refractivity contribution >= 4 is 31.2 Å². The topological polar surface area (TPSA) is 199 Å². The third kappa shape index (κ3) is 10.2. The van der Waals surface area contributed by atoms with Crippen LogP contribution in [0.1, 0.15) is 99.8 Å². The second-order valence-corrected chi connectivity index (χ2v) is 18.6. The number of hydrogen-bond donors (Lipinski definition) is 0. The minimum Gasteiger partial charge on any atom is -0.726 e. The second-order valence-electron chi connectivity index (χ2n) is 15.6. The summed E-state index contributed by atoms with van der Waals surface area (Å²) >= 11 is 0. The SMILES string of the molecule is C=C(CC[C@@H](C)[C@H]1CC[C@@]2(C)[C@@H]3C[C@H](OS(=O)(=O)[O-])[C@H]4C[C@H](OS(=O)(=O)[O-])[C@@H](OS(=O)(=O)[O-])C[C@]4(C)C3=CC[C@]12C)C(C)(C)C.[Na+].[Na+].[Na+]. The predicted molar refractivity (Wildman–Crippen MR) is 161 cm³/mol. The van der Waals surface area contributed by atoms with Gasteiger partial charge in [-0.3, -0.25) is 12.5 Å². The van der Waals surface area contributed by atoms with Crippen LogP contribution < -0.4 is 88.7 Å². The largest absolute Gasteiger partial charge is 1.00 e. The number of rotatable bonds is 10. The quantitative estimate of drug-likeness (QED) is 0.0900. The minimum absolute atomic E-state index is 0. The maximum absolute atomic E-state index is 12.0. The summed E-state index contributed by atoms with van der Waals surface area (Å²) < 4.78 is 120. The van der Waals surface area contributed by atoms with Crippen LogP contribution in [0.2, 0.25) is 0 Å². The van der Waals surface area contributed by atoms with Gasteiger partial charge in [0.2, 0.25) is 31.2 Å².